The second-order valence-corrected chi connectivity index (χ2v) is 6.85. The standard InChI is InChI=1S/C16H25NS/c1-12-7-13(2)9-14(8-12)11-18-16-6-4-3-5-15(16)10-17/h7-9,15-16H,3-6,10-11,17H2,1-2H3. The Kier molecular flexibility index (Phi) is 5.13. The molecular formula is C16H25NS. The molecule has 0 radical (unpaired) electrons. The minimum absolute atomic E-state index is 0.745. The Labute approximate surface area is 116 Å². The van der Waals surface area contributed by atoms with Crippen molar-refractivity contribution in [3.8, 4) is 0 Å². The summed E-state index contributed by atoms with van der Waals surface area (Å²) in [6, 6.07) is 6.89. The predicted octanol–water partition coefficient (Wildman–Crippen LogP) is 4.05. The van der Waals surface area contributed by atoms with E-state index in [2.05, 4.69) is 43.8 Å². The fourth-order valence-electron chi connectivity index (χ4n) is 3.02. The van der Waals surface area contributed by atoms with Crippen molar-refractivity contribution >= 4 is 11.8 Å². The van der Waals surface area contributed by atoms with Crippen LogP contribution in [0.4, 0.5) is 0 Å². The molecule has 100 valence electrons. The van der Waals surface area contributed by atoms with Gasteiger partial charge in [-0.25, -0.2) is 0 Å². The molecule has 2 rings (SSSR count). The van der Waals surface area contributed by atoms with Crippen LogP contribution in [0.1, 0.15) is 42.4 Å². The molecule has 0 heterocycles. The molecule has 0 amide bonds. The van der Waals surface area contributed by atoms with Crippen molar-refractivity contribution in [3.63, 3.8) is 0 Å². The molecule has 0 aromatic heterocycles. The summed E-state index contributed by atoms with van der Waals surface area (Å²) in [5.74, 6) is 1.89. The van der Waals surface area contributed by atoms with E-state index in [1.54, 1.807) is 0 Å². The van der Waals surface area contributed by atoms with Gasteiger partial charge in [0.25, 0.3) is 0 Å². The molecule has 2 N–H and O–H groups in total. The van der Waals surface area contributed by atoms with Crippen LogP contribution in [0, 0.1) is 19.8 Å². The van der Waals surface area contributed by atoms with Crippen LogP contribution in [0.25, 0.3) is 0 Å². The van der Waals surface area contributed by atoms with Gasteiger partial charge in [0.2, 0.25) is 0 Å². The molecule has 0 spiro atoms. The molecule has 0 aliphatic heterocycles. The first-order valence-electron chi connectivity index (χ1n) is 7.08. The molecule has 1 nitrogen and oxygen atoms in total. The van der Waals surface area contributed by atoms with Crippen LogP contribution in [-0.4, -0.2) is 11.8 Å². The van der Waals surface area contributed by atoms with Gasteiger partial charge in [-0.15, -0.1) is 0 Å². The summed E-state index contributed by atoms with van der Waals surface area (Å²) >= 11 is 2.12. The third-order valence-electron chi connectivity index (χ3n) is 3.89. The van der Waals surface area contributed by atoms with Crippen molar-refractivity contribution in [1.82, 2.24) is 0 Å². The van der Waals surface area contributed by atoms with Gasteiger partial charge in [0.15, 0.2) is 0 Å². The number of thioether (sulfide) groups is 1. The highest BCUT2D eigenvalue weighted by molar-refractivity contribution is 7.99. The van der Waals surface area contributed by atoms with Gasteiger partial charge in [0.05, 0.1) is 0 Å². The van der Waals surface area contributed by atoms with Gasteiger partial charge >= 0.3 is 0 Å². The minimum Gasteiger partial charge on any atom is -0.330 e. The second kappa shape index (κ2) is 6.63. The van der Waals surface area contributed by atoms with Gasteiger partial charge in [-0.1, -0.05) is 42.2 Å². The summed E-state index contributed by atoms with van der Waals surface area (Å²) in [5.41, 5.74) is 10.1. The van der Waals surface area contributed by atoms with Crippen molar-refractivity contribution in [2.24, 2.45) is 11.7 Å². The Morgan fingerprint density at radius 3 is 2.44 bits per heavy atom. The van der Waals surface area contributed by atoms with Crippen molar-refractivity contribution in [2.45, 2.75) is 50.5 Å². The van der Waals surface area contributed by atoms with Gasteiger partial charge in [-0.05, 0) is 44.7 Å². The number of aryl methyl sites for hydroxylation is 2. The number of nitrogens with two attached hydrogens (primary N) is 1. The average Bonchev–Trinajstić information content (AvgIpc) is 2.35. The average molecular weight is 263 g/mol. The maximum Gasteiger partial charge on any atom is 0.0187 e. The predicted molar refractivity (Wildman–Crippen MR) is 82.0 cm³/mol. The molecule has 1 aromatic carbocycles. The van der Waals surface area contributed by atoms with Gasteiger partial charge in [0, 0.05) is 11.0 Å². The Morgan fingerprint density at radius 2 is 1.78 bits per heavy atom. The SMILES string of the molecule is Cc1cc(C)cc(CSC2CCCCC2CN)c1. The van der Waals surface area contributed by atoms with E-state index in [-0.39, 0.29) is 0 Å². The third kappa shape index (κ3) is 3.76. The Morgan fingerprint density at radius 1 is 1.11 bits per heavy atom. The number of benzene rings is 1. The third-order valence-corrected chi connectivity index (χ3v) is 5.44. The number of hydrogen-bond acceptors (Lipinski definition) is 2. The summed E-state index contributed by atoms with van der Waals surface area (Å²) < 4.78 is 0. The number of hydrogen-bond donors (Lipinski definition) is 1. The normalized spacial score (nSPS) is 24.2. The first-order valence-corrected chi connectivity index (χ1v) is 8.13. The van der Waals surface area contributed by atoms with Crippen LogP contribution in [0.3, 0.4) is 0 Å². The van der Waals surface area contributed by atoms with E-state index in [1.807, 2.05) is 0 Å². The van der Waals surface area contributed by atoms with E-state index in [0.29, 0.717) is 0 Å². The van der Waals surface area contributed by atoms with Gasteiger partial charge in [0.1, 0.15) is 0 Å². The minimum atomic E-state index is 0.745. The Bertz CT molecular complexity index is 368. The fourth-order valence-corrected chi connectivity index (χ4v) is 4.44. The summed E-state index contributed by atoms with van der Waals surface area (Å²) in [6.07, 6.45) is 5.46. The highest BCUT2D eigenvalue weighted by atomic mass is 32.2. The van der Waals surface area contributed by atoms with Crippen molar-refractivity contribution in [3.05, 3.63) is 34.9 Å². The first-order chi connectivity index (χ1) is 8.69. The zero-order valence-electron chi connectivity index (χ0n) is 11.6. The van der Waals surface area contributed by atoms with E-state index < -0.39 is 0 Å². The molecular weight excluding hydrogens is 238 g/mol. The molecule has 18 heavy (non-hydrogen) atoms. The van der Waals surface area contributed by atoms with E-state index in [4.69, 9.17) is 5.73 Å². The van der Waals surface area contributed by atoms with E-state index >= 15 is 0 Å². The molecule has 1 fully saturated rings. The lowest BCUT2D eigenvalue weighted by Crippen LogP contribution is -2.28. The zero-order valence-corrected chi connectivity index (χ0v) is 12.4. The first kappa shape index (κ1) is 14.0. The molecule has 1 saturated carbocycles. The monoisotopic (exact) mass is 263 g/mol. The van der Waals surface area contributed by atoms with Crippen molar-refractivity contribution < 1.29 is 0 Å². The maximum atomic E-state index is 5.90. The molecule has 2 unspecified atom stereocenters. The van der Waals surface area contributed by atoms with Crippen LogP contribution in [0.2, 0.25) is 0 Å². The smallest absolute Gasteiger partial charge is 0.0187 e. The van der Waals surface area contributed by atoms with E-state index in [1.165, 1.54) is 42.4 Å². The van der Waals surface area contributed by atoms with Gasteiger partial charge in [-0.3, -0.25) is 0 Å². The van der Waals surface area contributed by atoms with Crippen LogP contribution >= 0.6 is 11.8 Å². The maximum absolute atomic E-state index is 5.90. The lowest BCUT2D eigenvalue weighted by molar-refractivity contribution is 0.378. The summed E-state index contributed by atoms with van der Waals surface area (Å²) in [5, 5.41) is 0.782. The zero-order chi connectivity index (χ0) is 13.0. The molecule has 0 saturated heterocycles. The Hall–Kier alpha value is -0.470. The fraction of sp³-hybridized carbons (Fsp3) is 0.625. The molecule has 2 atom stereocenters. The molecule has 1 aliphatic rings. The summed E-state index contributed by atoms with van der Waals surface area (Å²) in [7, 11) is 0. The lowest BCUT2D eigenvalue weighted by atomic mass is 9.89. The van der Waals surface area contributed by atoms with E-state index in [0.717, 1.165) is 23.5 Å². The van der Waals surface area contributed by atoms with E-state index in [9.17, 15) is 0 Å². The van der Waals surface area contributed by atoms with Crippen molar-refractivity contribution in [1.29, 1.82) is 0 Å². The lowest BCUT2D eigenvalue weighted by Gasteiger charge is -2.30. The van der Waals surface area contributed by atoms with Crippen molar-refractivity contribution in [2.75, 3.05) is 6.54 Å². The molecule has 1 aliphatic carbocycles. The largest absolute Gasteiger partial charge is 0.330 e. The van der Waals surface area contributed by atoms with Gasteiger partial charge < -0.3 is 5.73 Å². The highest BCUT2D eigenvalue weighted by Gasteiger charge is 2.24. The topological polar surface area (TPSA) is 26.0 Å². The number of rotatable bonds is 4. The quantitative estimate of drug-likeness (QED) is 0.886. The van der Waals surface area contributed by atoms with Gasteiger partial charge in [-0.2, -0.15) is 11.8 Å². The van der Waals surface area contributed by atoms with Crippen LogP contribution in [0.15, 0.2) is 18.2 Å². The molecule has 0 bridgehead atoms. The summed E-state index contributed by atoms with van der Waals surface area (Å²) in [6.45, 7) is 5.24. The van der Waals surface area contributed by atoms with Crippen LogP contribution in [0.5, 0.6) is 0 Å². The summed E-state index contributed by atoms with van der Waals surface area (Å²) in [4.78, 5) is 0. The van der Waals surface area contributed by atoms with Crippen LogP contribution < -0.4 is 5.73 Å². The molecule has 2 heteroatoms. The second-order valence-electron chi connectivity index (χ2n) is 5.63. The highest BCUT2D eigenvalue weighted by Crippen LogP contribution is 2.34. The Balaban J connectivity index is 1.93. The van der Waals surface area contributed by atoms with Crippen LogP contribution in [-0.2, 0) is 5.75 Å². The molecule has 1 aromatic rings.